The van der Waals surface area contributed by atoms with Crippen LogP contribution in [0.3, 0.4) is 0 Å². The fourth-order valence-electron chi connectivity index (χ4n) is 2.95. The van der Waals surface area contributed by atoms with Gasteiger partial charge in [-0.05, 0) is 18.9 Å². The monoisotopic (exact) mass is 354 g/mol. The van der Waals surface area contributed by atoms with Gasteiger partial charge in [0.1, 0.15) is 5.15 Å². The Morgan fingerprint density at radius 2 is 2.08 bits per heavy atom. The average molecular weight is 355 g/mol. The van der Waals surface area contributed by atoms with E-state index in [2.05, 4.69) is 29.2 Å². The molecule has 0 aromatic carbocycles. The number of aryl methyl sites for hydroxylation is 2. The molecule has 0 spiro atoms. The van der Waals surface area contributed by atoms with Gasteiger partial charge < -0.3 is 10.1 Å². The van der Waals surface area contributed by atoms with E-state index in [0.29, 0.717) is 23.7 Å². The summed E-state index contributed by atoms with van der Waals surface area (Å²) in [5, 5.41) is 7.76. The van der Waals surface area contributed by atoms with Crippen LogP contribution < -0.4 is 5.32 Å². The zero-order valence-electron chi connectivity index (χ0n) is 14.9. The van der Waals surface area contributed by atoms with Crippen LogP contribution in [0.1, 0.15) is 25.1 Å². The Labute approximate surface area is 148 Å². The second-order valence-corrected chi connectivity index (χ2v) is 6.81. The number of halogens is 1. The van der Waals surface area contributed by atoms with Gasteiger partial charge in [-0.3, -0.25) is 14.4 Å². The van der Waals surface area contributed by atoms with Gasteiger partial charge in [-0.1, -0.05) is 25.4 Å². The molecule has 2 rings (SSSR count). The highest BCUT2D eigenvalue weighted by Gasteiger charge is 2.23. The minimum atomic E-state index is -0.117. The summed E-state index contributed by atoms with van der Waals surface area (Å²) in [5.41, 5.74) is 1.59. The zero-order chi connectivity index (χ0) is 17.7. The summed E-state index contributed by atoms with van der Waals surface area (Å²) in [5.74, 6) is 0.343. The molecule has 1 N–H and O–H groups in total. The quantitative estimate of drug-likeness (QED) is 0.792. The van der Waals surface area contributed by atoms with E-state index in [1.54, 1.807) is 17.8 Å². The average Bonchev–Trinajstić information content (AvgIpc) is 2.79. The lowest BCUT2D eigenvalue weighted by atomic mass is 10.0. The minimum Gasteiger partial charge on any atom is -0.379 e. The lowest BCUT2D eigenvalue weighted by molar-refractivity contribution is -0.116. The molecule has 24 heavy (non-hydrogen) atoms. The first kappa shape index (κ1) is 19.0. The second-order valence-electron chi connectivity index (χ2n) is 6.45. The van der Waals surface area contributed by atoms with Gasteiger partial charge in [-0.2, -0.15) is 5.10 Å². The molecule has 134 valence electrons. The van der Waals surface area contributed by atoms with Crippen LogP contribution in [0.25, 0.3) is 6.08 Å². The molecule has 1 unspecified atom stereocenters. The molecular formula is C17H27ClN4O2. The Hall–Kier alpha value is -1.37. The molecule has 1 aliphatic heterocycles. The molecule has 0 saturated carbocycles. The number of rotatable bonds is 6. The molecule has 0 aliphatic carbocycles. The van der Waals surface area contributed by atoms with E-state index in [1.807, 2.05) is 6.92 Å². The van der Waals surface area contributed by atoms with Crippen molar-refractivity contribution in [1.29, 1.82) is 0 Å². The smallest absolute Gasteiger partial charge is 0.244 e. The number of carbonyl (C=O) groups is 1. The van der Waals surface area contributed by atoms with Gasteiger partial charge >= 0.3 is 0 Å². The Bertz CT molecular complexity index is 592. The molecule has 0 radical (unpaired) electrons. The van der Waals surface area contributed by atoms with Crippen molar-refractivity contribution in [2.75, 3.05) is 32.8 Å². The Morgan fingerprint density at radius 3 is 2.62 bits per heavy atom. The van der Waals surface area contributed by atoms with Gasteiger partial charge in [-0.25, -0.2) is 0 Å². The molecule has 2 heterocycles. The van der Waals surface area contributed by atoms with Crippen molar-refractivity contribution in [2.24, 2.45) is 13.0 Å². The summed E-state index contributed by atoms with van der Waals surface area (Å²) < 4.78 is 7.01. The normalized spacial score (nSPS) is 17.6. The summed E-state index contributed by atoms with van der Waals surface area (Å²) in [7, 11) is 1.78. The van der Waals surface area contributed by atoms with Gasteiger partial charge in [-0.15, -0.1) is 0 Å². The third-order valence-corrected chi connectivity index (χ3v) is 4.82. The van der Waals surface area contributed by atoms with Gasteiger partial charge in [0.15, 0.2) is 0 Å². The van der Waals surface area contributed by atoms with Crippen LogP contribution >= 0.6 is 11.6 Å². The van der Waals surface area contributed by atoms with Crippen molar-refractivity contribution >= 4 is 23.6 Å². The Balaban J connectivity index is 1.92. The van der Waals surface area contributed by atoms with Crippen molar-refractivity contribution < 1.29 is 9.53 Å². The first-order chi connectivity index (χ1) is 11.4. The molecule has 1 saturated heterocycles. The van der Waals surface area contributed by atoms with Crippen molar-refractivity contribution in [3.05, 3.63) is 22.5 Å². The lowest BCUT2D eigenvalue weighted by Gasteiger charge is -2.36. The highest BCUT2D eigenvalue weighted by molar-refractivity contribution is 6.31. The molecule has 1 aliphatic rings. The van der Waals surface area contributed by atoms with Crippen LogP contribution in [0.5, 0.6) is 0 Å². The van der Waals surface area contributed by atoms with Crippen molar-refractivity contribution in [2.45, 2.75) is 26.8 Å². The van der Waals surface area contributed by atoms with Crippen LogP contribution in [0.4, 0.5) is 0 Å². The number of amides is 1. The van der Waals surface area contributed by atoms with Gasteiger partial charge in [0, 0.05) is 44.4 Å². The molecule has 6 nitrogen and oxygen atoms in total. The van der Waals surface area contributed by atoms with E-state index in [4.69, 9.17) is 16.3 Å². The third-order valence-electron chi connectivity index (χ3n) is 4.37. The number of nitrogens with zero attached hydrogens (tertiary/aromatic N) is 3. The van der Waals surface area contributed by atoms with Gasteiger partial charge in [0.05, 0.1) is 18.9 Å². The summed E-state index contributed by atoms with van der Waals surface area (Å²) in [6, 6.07) is 0.315. The van der Waals surface area contributed by atoms with E-state index in [-0.39, 0.29) is 5.91 Å². The topological polar surface area (TPSA) is 59.4 Å². The molecule has 7 heteroatoms. The summed E-state index contributed by atoms with van der Waals surface area (Å²) in [6.45, 7) is 10.2. The first-order valence-electron chi connectivity index (χ1n) is 8.37. The highest BCUT2D eigenvalue weighted by Crippen LogP contribution is 2.19. The van der Waals surface area contributed by atoms with Crippen LogP contribution in [0, 0.1) is 12.8 Å². The molecule has 1 aromatic rings. The second kappa shape index (κ2) is 8.65. The highest BCUT2D eigenvalue weighted by atomic mass is 35.5. The maximum absolute atomic E-state index is 12.1. The molecule has 1 aromatic heterocycles. The lowest BCUT2D eigenvalue weighted by Crippen LogP contribution is -2.51. The maximum Gasteiger partial charge on any atom is 0.244 e. The summed E-state index contributed by atoms with van der Waals surface area (Å²) in [6.07, 6.45) is 3.24. The number of ether oxygens (including phenoxy) is 1. The van der Waals surface area contributed by atoms with Crippen molar-refractivity contribution in [3.63, 3.8) is 0 Å². The predicted molar refractivity (Wildman–Crippen MR) is 96.0 cm³/mol. The Kier molecular flexibility index (Phi) is 6.83. The third kappa shape index (κ3) is 4.82. The molecule has 1 fully saturated rings. The van der Waals surface area contributed by atoms with E-state index in [0.717, 1.165) is 37.6 Å². The van der Waals surface area contributed by atoms with E-state index < -0.39 is 0 Å². The fraction of sp³-hybridized carbons (Fsp3) is 0.647. The molecule has 1 amide bonds. The van der Waals surface area contributed by atoms with Crippen molar-refractivity contribution in [3.8, 4) is 0 Å². The molecule has 0 bridgehead atoms. The largest absolute Gasteiger partial charge is 0.379 e. The number of hydrogen-bond donors (Lipinski definition) is 1. The van der Waals surface area contributed by atoms with E-state index in [9.17, 15) is 4.79 Å². The zero-order valence-corrected chi connectivity index (χ0v) is 15.6. The van der Waals surface area contributed by atoms with Crippen molar-refractivity contribution in [1.82, 2.24) is 20.0 Å². The number of aromatic nitrogens is 2. The molecule has 1 atom stereocenters. The van der Waals surface area contributed by atoms with Crippen LogP contribution in [0.15, 0.2) is 6.08 Å². The van der Waals surface area contributed by atoms with Gasteiger partial charge in [0.25, 0.3) is 0 Å². The van der Waals surface area contributed by atoms with E-state index in [1.165, 1.54) is 6.08 Å². The molecular weight excluding hydrogens is 328 g/mol. The summed E-state index contributed by atoms with van der Waals surface area (Å²) >= 11 is 6.17. The minimum absolute atomic E-state index is 0.117. The summed E-state index contributed by atoms with van der Waals surface area (Å²) in [4.78, 5) is 14.5. The van der Waals surface area contributed by atoms with E-state index >= 15 is 0 Å². The Morgan fingerprint density at radius 1 is 1.42 bits per heavy atom. The first-order valence-corrected chi connectivity index (χ1v) is 8.74. The van der Waals surface area contributed by atoms with Crippen LogP contribution in [0.2, 0.25) is 5.15 Å². The number of nitrogens with one attached hydrogen (secondary N) is 1. The maximum atomic E-state index is 12.1. The van der Waals surface area contributed by atoms with Crippen LogP contribution in [-0.2, 0) is 16.6 Å². The number of morpholine rings is 1. The fourth-order valence-corrected chi connectivity index (χ4v) is 3.19. The predicted octanol–water partition coefficient (Wildman–Crippen LogP) is 1.87. The van der Waals surface area contributed by atoms with Crippen LogP contribution in [-0.4, -0.2) is 59.5 Å². The van der Waals surface area contributed by atoms with Gasteiger partial charge in [0.2, 0.25) is 5.91 Å². The standard InChI is InChI=1S/C17H27ClN4O2/c1-12(2)15(22-7-9-24-10-8-22)11-19-16(23)6-5-14-13(3)20-21(4)17(14)18/h5-6,12,15H,7-11H2,1-4H3,(H,19,23)/b6-5+. The number of hydrogen-bond acceptors (Lipinski definition) is 4. The SMILES string of the molecule is Cc1nn(C)c(Cl)c1/C=C/C(=O)NCC(C(C)C)N1CCOCC1. The number of carbonyl (C=O) groups excluding carboxylic acids is 1.